The third-order valence-electron chi connectivity index (χ3n) is 2.39. The number of Topliss-reactive ketones (excluding diaryl/α,β-unsaturated/α-hetero) is 1. The molecule has 74 valence electrons. The van der Waals surface area contributed by atoms with Crippen molar-refractivity contribution < 1.29 is 9.53 Å². The monoisotopic (exact) mass is 254 g/mol. The fourth-order valence-corrected chi connectivity index (χ4v) is 2.08. The Kier molecular flexibility index (Phi) is 2.99. The van der Waals surface area contributed by atoms with Crippen molar-refractivity contribution in [2.24, 2.45) is 5.92 Å². The molecule has 0 saturated carbocycles. The van der Waals surface area contributed by atoms with Crippen molar-refractivity contribution in [1.82, 2.24) is 0 Å². The van der Waals surface area contributed by atoms with Crippen molar-refractivity contribution in [3.63, 3.8) is 0 Å². The Morgan fingerprint density at radius 1 is 1.50 bits per heavy atom. The van der Waals surface area contributed by atoms with Gasteiger partial charge in [0.1, 0.15) is 6.61 Å². The summed E-state index contributed by atoms with van der Waals surface area (Å²) in [6, 6.07) is 8.05. The first-order valence-corrected chi connectivity index (χ1v) is 5.40. The van der Waals surface area contributed by atoms with Crippen molar-refractivity contribution in [1.29, 1.82) is 0 Å². The first-order chi connectivity index (χ1) is 6.75. The van der Waals surface area contributed by atoms with Crippen molar-refractivity contribution in [3.8, 4) is 0 Å². The second kappa shape index (κ2) is 4.24. The van der Waals surface area contributed by atoms with E-state index in [1.165, 1.54) is 5.56 Å². The van der Waals surface area contributed by atoms with E-state index in [0.717, 1.165) is 10.9 Å². The molecule has 14 heavy (non-hydrogen) atoms. The first-order valence-electron chi connectivity index (χ1n) is 4.60. The quantitative estimate of drug-likeness (QED) is 0.809. The number of ketones is 1. The molecule has 0 bridgehead atoms. The van der Waals surface area contributed by atoms with Gasteiger partial charge in [-0.25, -0.2) is 0 Å². The Morgan fingerprint density at radius 3 is 3.00 bits per heavy atom. The van der Waals surface area contributed by atoms with Gasteiger partial charge in [-0.1, -0.05) is 28.1 Å². The summed E-state index contributed by atoms with van der Waals surface area (Å²) in [6.07, 6.45) is 0.790. The van der Waals surface area contributed by atoms with Crippen LogP contribution in [0.25, 0.3) is 0 Å². The normalized spacial score (nSPS) is 21.5. The number of hydrogen-bond acceptors (Lipinski definition) is 2. The minimum absolute atomic E-state index is 0.0595. The molecule has 0 radical (unpaired) electrons. The summed E-state index contributed by atoms with van der Waals surface area (Å²) < 4.78 is 6.17. The van der Waals surface area contributed by atoms with Crippen LogP contribution in [0.2, 0.25) is 0 Å². The van der Waals surface area contributed by atoms with Crippen LogP contribution >= 0.6 is 15.9 Å². The lowest BCUT2D eigenvalue weighted by molar-refractivity contribution is -0.120. The molecule has 1 atom stereocenters. The van der Waals surface area contributed by atoms with Crippen LogP contribution in [0.1, 0.15) is 5.56 Å². The predicted molar refractivity (Wildman–Crippen MR) is 57.2 cm³/mol. The van der Waals surface area contributed by atoms with E-state index >= 15 is 0 Å². The zero-order chi connectivity index (χ0) is 9.97. The zero-order valence-electron chi connectivity index (χ0n) is 7.70. The molecular weight excluding hydrogens is 244 g/mol. The number of hydrogen-bond donors (Lipinski definition) is 0. The van der Waals surface area contributed by atoms with E-state index in [9.17, 15) is 4.79 Å². The molecule has 0 aromatic heterocycles. The van der Waals surface area contributed by atoms with Crippen molar-refractivity contribution >= 4 is 21.7 Å². The van der Waals surface area contributed by atoms with Gasteiger partial charge in [0.15, 0.2) is 5.78 Å². The third-order valence-corrected chi connectivity index (χ3v) is 2.88. The maximum atomic E-state index is 11.3. The summed E-state index contributed by atoms with van der Waals surface area (Å²) in [5, 5.41) is 0. The number of ether oxygens (including phenoxy) is 1. The predicted octanol–water partition coefficient (Wildman–Crippen LogP) is 2.21. The van der Waals surface area contributed by atoms with Gasteiger partial charge in [0.05, 0.1) is 6.61 Å². The average molecular weight is 255 g/mol. The summed E-state index contributed by atoms with van der Waals surface area (Å²) in [7, 11) is 0. The highest BCUT2D eigenvalue weighted by molar-refractivity contribution is 9.10. The van der Waals surface area contributed by atoms with Crippen molar-refractivity contribution in [2.45, 2.75) is 6.42 Å². The van der Waals surface area contributed by atoms with Crippen LogP contribution in [0.3, 0.4) is 0 Å². The number of rotatable bonds is 2. The van der Waals surface area contributed by atoms with Gasteiger partial charge >= 0.3 is 0 Å². The van der Waals surface area contributed by atoms with Crippen LogP contribution in [-0.4, -0.2) is 19.0 Å². The first kappa shape index (κ1) is 9.87. The Balaban J connectivity index is 2.07. The van der Waals surface area contributed by atoms with E-state index in [0.29, 0.717) is 13.2 Å². The van der Waals surface area contributed by atoms with E-state index in [-0.39, 0.29) is 11.7 Å². The van der Waals surface area contributed by atoms with Gasteiger partial charge in [-0.2, -0.15) is 0 Å². The van der Waals surface area contributed by atoms with Gasteiger partial charge in [0.2, 0.25) is 0 Å². The molecule has 2 nitrogen and oxygen atoms in total. The maximum absolute atomic E-state index is 11.3. The fourth-order valence-electron chi connectivity index (χ4n) is 1.63. The summed E-state index contributed by atoms with van der Waals surface area (Å²) in [5.74, 6) is 0.286. The number of carbonyl (C=O) groups excluding carboxylic acids is 1. The van der Waals surface area contributed by atoms with Crippen LogP contribution in [-0.2, 0) is 16.0 Å². The van der Waals surface area contributed by atoms with E-state index < -0.39 is 0 Å². The SMILES string of the molecule is O=C1COCC1Cc1cccc(Br)c1. The highest BCUT2D eigenvalue weighted by Gasteiger charge is 2.25. The average Bonchev–Trinajstić information content (AvgIpc) is 2.52. The van der Waals surface area contributed by atoms with Gasteiger partial charge in [-0.15, -0.1) is 0 Å². The van der Waals surface area contributed by atoms with Crippen LogP contribution in [0.4, 0.5) is 0 Å². The molecule has 1 unspecified atom stereocenters. The minimum Gasteiger partial charge on any atom is -0.373 e. The molecule has 1 aliphatic heterocycles. The smallest absolute Gasteiger partial charge is 0.164 e. The van der Waals surface area contributed by atoms with Gasteiger partial charge in [-0.3, -0.25) is 4.79 Å². The van der Waals surface area contributed by atoms with Crippen LogP contribution in [0, 0.1) is 5.92 Å². The minimum atomic E-state index is 0.0595. The Labute approximate surface area is 91.4 Å². The summed E-state index contributed by atoms with van der Waals surface area (Å²) in [6.45, 7) is 0.865. The largest absolute Gasteiger partial charge is 0.373 e. The van der Waals surface area contributed by atoms with E-state index in [1.807, 2.05) is 24.3 Å². The lowest BCUT2D eigenvalue weighted by atomic mass is 9.98. The van der Waals surface area contributed by atoms with Gasteiger partial charge in [0.25, 0.3) is 0 Å². The third kappa shape index (κ3) is 2.22. The second-order valence-electron chi connectivity index (χ2n) is 3.51. The molecular formula is C11H11BrO2. The van der Waals surface area contributed by atoms with Crippen molar-refractivity contribution in [2.75, 3.05) is 13.2 Å². The molecule has 1 heterocycles. The molecule has 1 aromatic rings. The summed E-state index contributed by atoms with van der Waals surface area (Å²) >= 11 is 3.41. The highest BCUT2D eigenvalue weighted by Crippen LogP contribution is 2.18. The number of carbonyl (C=O) groups is 1. The molecule has 0 N–H and O–H groups in total. The Morgan fingerprint density at radius 2 is 2.36 bits per heavy atom. The maximum Gasteiger partial charge on any atom is 0.164 e. The van der Waals surface area contributed by atoms with Crippen molar-refractivity contribution in [3.05, 3.63) is 34.3 Å². The van der Waals surface area contributed by atoms with Gasteiger partial charge in [-0.05, 0) is 24.1 Å². The lowest BCUT2D eigenvalue weighted by Crippen LogP contribution is -2.13. The fraction of sp³-hybridized carbons (Fsp3) is 0.364. The van der Waals surface area contributed by atoms with Gasteiger partial charge < -0.3 is 4.74 Å². The number of halogens is 1. The molecule has 0 amide bonds. The molecule has 1 saturated heterocycles. The second-order valence-corrected chi connectivity index (χ2v) is 4.43. The summed E-state index contributed by atoms with van der Waals surface area (Å²) in [5.41, 5.74) is 1.18. The Hall–Kier alpha value is -0.670. The van der Waals surface area contributed by atoms with Crippen LogP contribution in [0.15, 0.2) is 28.7 Å². The molecule has 1 fully saturated rings. The summed E-state index contributed by atoms with van der Waals surface area (Å²) in [4.78, 5) is 11.3. The molecule has 0 spiro atoms. The molecule has 0 aliphatic carbocycles. The van der Waals surface area contributed by atoms with E-state index in [1.54, 1.807) is 0 Å². The lowest BCUT2D eigenvalue weighted by Gasteiger charge is -2.06. The van der Waals surface area contributed by atoms with E-state index in [4.69, 9.17) is 4.74 Å². The Bertz CT molecular complexity index is 349. The van der Waals surface area contributed by atoms with Crippen LogP contribution in [0.5, 0.6) is 0 Å². The van der Waals surface area contributed by atoms with Crippen LogP contribution < -0.4 is 0 Å². The molecule has 1 aromatic carbocycles. The topological polar surface area (TPSA) is 26.3 Å². The highest BCUT2D eigenvalue weighted by atomic mass is 79.9. The zero-order valence-corrected chi connectivity index (χ0v) is 9.29. The molecule has 1 aliphatic rings. The molecule has 3 heteroatoms. The number of benzene rings is 1. The van der Waals surface area contributed by atoms with E-state index in [2.05, 4.69) is 15.9 Å². The van der Waals surface area contributed by atoms with Gasteiger partial charge in [0, 0.05) is 10.4 Å². The standard InChI is InChI=1S/C11H11BrO2/c12-10-3-1-2-8(5-10)4-9-6-14-7-11(9)13/h1-3,5,9H,4,6-7H2. The molecule has 2 rings (SSSR count).